The SMILES string of the molecule is CNc1ccc(C(=O)NCc2nncn2C)nn1. The van der Waals surface area contributed by atoms with Crippen molar-refractivity contribution in [2.75, 3.05) is 12.4 Å². The molecule has 18 heavy (non-hydrogen) atoms. The largest absolute Gasteiger partial charge is 0.372 e. The zero-order valence-electron chi connectivity index (χ0n) is 10.1. The Bertz CT molecular complexity index is 533. The Labute approximate surface area is 103 Å². The van der Waals surface area contributed by atoms with Gasteiger partial charge in [0.15, 0.2) is 11.5 Å². The molecule has 0 aliphatic rings. The van der Waals surface area contributed by atoms with Crippen molar-refractivity contribution in [1.82, 2.24) is 30.3 Å². The van der Waals surface area contributed by atoms with E-state index < -0.39 is 0 Å². The molecule has 0 saturated carbocycles. The van der Waals surface area contributed by atoms with Crippen LogP contribution in [0.1, 0.15) is 16.3 Å². The molecule has 0 bridgehead atoms. The van der Waals surface area contributed by atoms with Crippen LogP contribution in [0.2, 0.25) is 0 Å². The first kappa shape index (κ1) is 12.0. The van der Waals surface area contributed by atoms with Crippen molar-refractivity contribution < 1.29 is 4.79 Å². The van der Waals surface area contributed by atoms with Gasteiger partial charge in [0.05, 0.1) is 6.54 Å². The van der Waals surface area contributed by atoms with Crippen molar-refractivity contribution in [2.24, 2.45) is 7.05 Å². The molecule has 2 N–H and O–H groups in total. The van der Waals surface area contributed by atoms with E-state index in [0.717, 1.165) is 0 Å². The zero-order chi connectivity index (χ0) is 13.0. The predicted molar refractivity (Wildman–Crippen MR) is 63.8 cm³/mol. The van der Waals surface area contributed by atoms with Gasteiger partial charge in [-0.15, -0.1) is 20.4 Å². The summed E-state index contributed by atoms with van der Waals surface area (Å²) < 4.78 is 1.73. The van der Waals surface area contributed by atoms with E-state index in [0.29, 0.717) is 18.2 Å². The van der Waals surface area contributed by atoms with Gasteiger partial charge in [-0.1, -0.05) is 0 Å². The monoisotopic (exact) mass is 247 g/mol. The lowest BCUT2D eigenvalue weighted by atomic mass is 10.3. The quantitative estimate of drug-likeness (QED) is 0.761. The Morgan fingerprint density at radius 2 is 2.17 bits per heavy atom. The number of hydrogen-bond acceptors (Lipinski definition) is 6. The van der Waals surface area contributed by atoms with Gasteiger partial charge >= 0.3 is 0 Å². The van der Waals surface area contributed by atoms with Gasteiger partial charge in [-0.3, -0.25) is 4.79 Å². The molecule has 0 radical (unpaired) electrons. The fourth-order valence-corrected chi connectivity index (χ4v) is 1.30. The minimum absolute atomic E-state index is 0.260. The third-order valence-electron chi connectivity index (χ3n) is 2.37. The van der Waals surface area contributed by atoms with Crippen LogP contribution in [0.15, 0.2) is 18.5 Å². The lowest BCUT2D eigenvalue weighted by Gasteiger charge is -2.04. The summed E-state index contributed by atoms with van der Waals surface area (Å²) in [6.07, 6.45) is 1.57. The molecule has 8 nitrogen and oxygen atoms in total. The average Bonchev–Trinajstić information content (AvgIpc) is 2.81. The van der Waals surface area contributed by atoms with E-state index >= 15 is 0 Å². The van der Waals surface area contributed by atoms with Crippen molar-refractivity contribution in [2.45, 2.75) is 6.54 Å². The number of anilines is 1. The van der Waals surface area contributed by atoms with Crippen molar-refractivity contribution >= 4 is 11.7 Å². The number of amides is 1. The minimum Gasteiger partial charge on any atom is -0.372 e. The molecule has 1 amide bonds. The number of rotatable bonds is 4. The maximum absolute atomic E-state index is 11.8. The summed E-state index contributed by atoms with van der Waals surface area (Å²) in [5.74, 6) is 0.983. The summed E-state index contributed by atoms with van der Waals surface area (Å²) in [5, 5.41) is 20.7. The van der Waals surface area contributed by atoms with Crippen LogP contribution in [0.3, 0.4) is 0 Å². The van der Waals surface area contributed by atoms with E-state index in [2.05, 4.69) is 31.0 Å². The Morgan fingerprint density at radius 1 is 1.33 bits per heavy atom. The highest BCUT2D eigenvalue weighted by atomic mass is 16.1. The highest BCUT2D eigenvalue weighted by molar-refractivity contribution is 5.92. The second-order valence-corrected chi connectivity index (χ2v) is 3.59. The van der Waals surface area contributed by atoms with Crippen LogP contribution < -0.4 is 10.6 Å². The van der Waals surface area contributed by atoms with Crippen LogP contribution in [0.5, 0.6) is 0 Å². The van der Waals surface area contributed by atoms with Crippen LogP contribution in [0.25, 0.3) is 0 Å². The van der Waals surface area contributed by atoms with Crippen LogP contribution in [-0.4, -0.2) is 37.9 Å². The lowest BCUT2D eigenvalue weighted by molar-refractivity contribution is 0.0943. The van der Waals surface area contributed by atoms with E-state index in [4.69, 9.17) is 0 Å². The smallest absolute Gasteiger partial charge is 0.272 e. The number of hydrogen-bond donors (Lipinski definition) is 2. The molecular weight excluding hydrogens is 234 g/mol. The zero-order valence-corrected chi connectivity index (χ0v) is 10.1. The van der Waals surface area contributed by atoms with E-state index in [-0.39, 0.29) is 11.6 Å². The molecule has 2 heterocycles. The van der Waals surface area contributed by atoms with Crippen LogP contribution in [0, 0.1) is 0 Å². The first-order valence-electron chi connectivity index (χ1n) is 5.33. The molecule has 0 aromatic carbocycles. The first-order valence-corrected chi connectivity index (χ1v) is 5.33. The summed E-state index contributed by atoms with van der Waals surface area (Å²) in [5.41, 5.74) is 0.260. The summed E-state index contributed by atoms with van der Waals surface area (Å²) in [6.45, 7) is 0.296. The highest BCUT2D eigenvalue weighted by Gasteiger charge is 2.09. The minimum atomic E-state index is -0.298. The van der Waals surface area contributed by atoms with Crippen molar-refractivity contribution in [3.05, 3.63) is 30.0 Å². The molecule has 0 saturated heterocycles. The maximum Gasteiger partial charge on any atom is 0.272 e. The second kappa shape index (κ2) is 5.21. The lowest BCUT2D eigenvalue weighted by Crippen LogP contribution is -2.25. The summed E-state index contributed by atoms with van der Waals surface area (Å²) >= 11 is 0. The second-order valence-electron chi connectivity index (χ2n) is 3.59. The normalized spacial score (nSPS) is 10.1. The van der Waals surface area contributed by atoms with Gasteiger partial charge in [0.25, 0.3) is 5.91 Å². The van der Waals surface area contributed by atoms with Crippen LogP contribution in [0.4, 0.5) is 5.82 Å². The third kappa shape index (κ3) is 2.59. The van der Waals surface area contributed by atoms with E-state index in [9.17, 15) is 4.79 Å². The molecule has 0 spiro atoms. The molecule has 94 valence electrons. The van der Waals surface area contributed by atoms with Gasteiger partial charge in [-0.2, -0.15) is 0 Å². The Morgan fingerprint density at radius 3 is 2.72 bits per heavy atom. The number of carbonyl (C=O) groups is 1. The van der Waals surface area contributed by atoms with Gasteiger partial charge in [-0.05, 0) is 12.1 Å². The Balaban J connectivity index is 1.97. The fourth-order valence-electron chi connectivity index (χ4n) is 1.30. The fraction of sp³-hybridized carbons (Fsp3) is 0.300. The molecule has 2 aromatic heterocycles. The maximum atomic E-state index is 11.8. The number of aryl methyl sites for hydroxylation is 1. The van der Waals surface area contributed by atoms with Gasteiger partial charge in [0, 0.05) is 14.1 Å². The standard InChI is InChI=1S/C10H13N7O/c1-11-8-4-3-7(14-15-8)10(18)12-5-9-16-13-6-17(9)2/h3-4,6H,5H2,1-2H3,(H,11,15)(H,12,18). The average molecular weight is 247 g/mol. The topological polar surface area (TPSA) is 97.6 Å². The molecule has 0 fully saturated rings. The summed E-state index contributed by atoms with van der Waals surface area (Å²) in [4.78, 5) is 11.8. The number of carbonyl (C=O) groups excluding carboxylic acids is 1. The van der Waals surface area contributed by atoms with Crippen molar-refractivity contribution in [1.29, 1.82) is 0 Å². The highest BCUT2D eigenvalue weighted by Crippen LogP contribution is 2.00. The Hall–Kier alpha value is -2.51. The van der Waals surface area contributed by atoms with Gasteiger partial charge in [0.1, 0.15) is 12.1 Å². The number of aromatic nitrogens is 5. The van der Waals surface area contributed by atoms with Crippen molar-refractivity contribution in [3.63, 3.8) is 0 Å². The summed E-state index contributed by atoms with van der Waals surface area (Å²) in [7, 11) is 3.54. The molecule has 0 aliphatic carbocycles. The molecule has 2 aromatic rings. The van der Waals surface area contributed by atoms with Gasteiger partial charge in [-0.25, -0.2) is 0 Å². The molecule has 2 rings (SSSR count). The number of nitrogens with one attached hydrogen (secondary N) is 2. The predicted octanol–water partition coefficient (Wildman–Crippen LogP) is -0.423. The third-order valence-corrected chi connectivity index (χ3v) is 2.37. The molecular formula is C10H13N7O. The molecule has 0 aliphatic heterocycles. The Kier molecular flexibility index (Phi) is 3.46. The van der Waals surface area contributed by atoms with Gasteiger partial charge < -0.3 is 15.2 Å². The molecule has 0 unspecified atom stereocenters. The van der Waals surface area contributed by atoms with Crippen LogP contribution in [-0.2, 0) is 13.6 Å². The van der Waals surface area contributed by atoms with Gasteiger partial charge in [0.2, 0.25) is 0 Å². The first-order chi connectivity index (χ1) is 8.70. The summed E-state index contributed by atoms with van der Waals surface area (Å²) in [6, 6.07) is 3.29. The van der Waals surface area contributed by atoms with E-state index in [1.54, 1.807) is 30.1 Å². The molecule has 8 heteroatoms. The number of nitrogens with zero attached hydrogens (tertiary/aromatic N) is 5. The molecule has 0 atom stereocenters. The van der Waals surface area contributed by atoms with Crippen LogP contribution >= 0.6 is 0 Å². The van der Waals surface area contributed by atoms with Crippen molar-refractivity contribution in [3.8, 4) is 0 Å². The van der Waals surface area contributed by atoms with E-state index in [1.165, 1.54) is 0 Å². The van der Waals surface area contributed by atoms with E-state index in [1.807, 2.05) is 7.05 Å².